The van der Waals surface area contributed by atoms with Crippen molar-refractivity contribution >= 4 is 5.65 Å². The van der Waals surface area contributed by atoms with Crippen LogP contribution in [0.25, 0.3) is 5.65 Å². The summed E-state index contributed by atoms with van der Waals surface area (Å²) in [6.45, 7) is 5.84. The molecule has 102 valence electrons. The predicted molar refractivity (Wildman–Crippen MR) is 75.7 cm³/mol. The first-order chi connectivity index (χ1) is 9.30. The molecule has 0 N–H and O–H groups in total. The van der Waals surface area contributed by atoms with Crippen molar-refractivity contribution in [2.75, 3.05) is 26.7 Å². The van der Waals surface area contributed by atoms with Crippen LogP contribution >= 0.6 is 0 Å². The number of hydrogen-bond donors (Lipinski definition) is 0. The van der Waals surface area contributed by atoms with Crippen LogP contribution < -0.4 is 4.74 Å². The summed E-state index contributed by atoms with van der Waals surface area (Å²) in [5.74, 6) is 1.59. The monoisotopic (exact) mass is 259 g/mol. The summed E-state index contributed by atoms with van der Waals surface area (Å²) in [5, 5.41) is 0. The number of pyridine rings is 1. The summed E-state index contributed by atoms with van der Waals surface area (Å²) in [4.78, 5) is 7.22. The number of imidazole rings is 1. The molecule has 2 aromatic heterocycles. The Morgan fingerprint density at radius 3 is 3.05 bits per heavy atom. The maximum atomic E-state index is 5.36. The predicted octanol–water partition coefficient (Wildman–Crippen LogP) is 2.23. The largest absolute Gasteiger partial charge is 0.482 e. The van der Waals surface area contributed by atoms with E-state index in [1.54, 1.807) is 7.11 Å². The lowest BCUT2D eigenvalue weighted by Crippen LogP contribution is -2.20. The number of ether oxygens (including phenoxy) is 1. The van der Waals surface area contributed by atoms with Crippen LogP contribution in [-0.2, 0) is 6.42 Å². The molecule has 0 aromatic carbocycles. The van der Waals surface area contributed by atoms with Crippen molar-refractivity contribution < 1.29 is 4.74 Å². The Morgan fingerprint density at radius 2 is 2.32 bits per heavy atom. The SMILES string of the molecule is CCN1CCC(Cc2cn3c(OC)cccc3n2)C1. The van der Waals surface area contributed by atoms with Crippen LogP contribution in [-0.4, -0.2) is 41.0 Å². The van der Waals surface area contributed by atoms with Gasteiger partial charge in [-0.05, 0) is 44.0 Å². The summed E-state index contributed by atoms with van der Waals surface area (Å²) in [6.07, 6.45) is 4.48. The molecule has 3 heterocycles. The summed E-state index contributed by atoms with van der Waals surface area (Å²) in [6, 6.07) is 5.98. The number of rotatable bonds is 4. The second-order valence-electron chi connectivity index (χ2n) is 5.28. The fourth-order valence-corrected chi connectivity index (χ4v) is 2.96. The zero-order chi connectivity index (χ0) is 13.2. The molecule has 1 aliphatic rings. The minimum absolute atomic E-state index is 0.746. The van der Waals surface area contributed by atoms with E-state index in [0.717, 1.165) is 30.4 Å². The van der Waals surface area contributed by atoms with E-state index in [2.05, 4.69) is 18.0 Å². The van der Waals surface area contributed by atoms with Crippen LogP contribution in [0.2, 0.25) is 0 Å². The molecule has 0 spiro atoms. The van der Waals surface area contributed by atoms with Crippen LogP contribution in [0.5, 0.6) is 5.88 Å². The van der Waals surface area contributed by atoms with Crippen molar-refractivity contribution in [1.29, 1.82) is 0 Å². The second-order valence-corrected chi connectivity index (χ2v) is 5.28. The van der Waals surface area contributed by atoms with Gasteiger partial charge in [0.2, 0.25) is 0 Å². The Kier molecular flexibility index (Phi) is 3.42. The quantitative estimate of drug-likeness (QED) is 0.843. The summed E-state index contributed by atoms with van der Waals surface area (Å²) in [7, 11) is 1.70. The molecule has 3 rings (SSSR count). The van der Waals surface area contributed by atoms with Gasteiger partial charge in [-0.1, -0.05) is 13.0 Å². The van der Waals surface area contributed by atoms with Gasteiger partial charge in [0.05, 0.1) is 12.8 Å². The van der Waals surface area contributed by atoms with E-state index in [0.29, 0.717) is 0 Å². The summed E-state index contributed by atoms with van der Waals surface area (Å²) in [5.41, 5.74) is 2.15. The Bertz CT molecular complexity index is 564. The fraction of sp³-hybridized carbons (Fsp3) is 0.533. The second kappa shape index (κ2) is 5.21. The first-order valence-electron chi connectivity index (χ1n) is 7.03. The molecule has 2 aromatic rings. The van der Waals surface area contributed by atoms with Gasteiger partial charge in [-0.2, -0.15) is 0 Å². The number of nitrogens with zero attached hydrogens (tertiary/aromatic N) is 3. The third kappa shape index (κ3) is 2.45. The zero-order valence-electron chi connectivity index (χ0n) is 11.7. The normalized spacial score (nSPS) is 20.2. The van der Waals surface area contributed by atoms with E-state index < -0.39 is 0 Å². The van der Waals surface area contributed by atoms with Gasteiger partial charge < -0.3 is 9.64 Å². The molecule has 1 fully saturated rings. The molecule has 0 saturated carbocycles. The highest BCUT2D eigenvalue weighted by Gasteiger charge is 2.22. The van der Waals surface area contributed by atoms with Gasteiger partial charge >= 0.3 is 0 Å². The Balaban J connectivity index is 1.79. The number of methoxy groups -OCH3 is 1. The molecule has 0 radical (unpaired) electrons. The molecule has 1 saturated heterocycles. The molecule has 1 aliphatic heterocycles. The van der Waals surface area contributed by atoms with Gasteiger partial charge in [-0.3, -0.25) is 4.40 Å². The molecule has 1 atom stereocenters. The maximum Gasteiger partial charge on any atom is 0.198 e. The standard InChI is InChI=1S/C15H21N3O/c1-3-17-8-7-12(10-17)9-13-11-18-14(16-13)5-4-6-15(18)19-2/h4-6,11-12H,3,7-10H2,1-2H3. The first-order valence-corrected chi connectivity index (χ1v) is 7.03. The molecule has 0 amide bonds. The average molecular weight is 259 g/mol. The van der Waals surface area contributed by atoms with Gasteiger partial charge in [0, 0.05) is 12.7 Å². The highest BCUT2D eigenvalue weighted by molar-refractivity contribution is 5.43. The number of likely N-dealkylation sites (tertiary alicyclic amines) is 1. The molecule has 1 unspecified atom stereocenters. The van der Waals surface area contributed by atoms with Crippen LogP contribution in [0, 0.1) is 5.92 Å². The van der Waals surface area contributed by atoms with Gasteiger partial charge in [0.15, 0.2) is 5.88 Å². The van der Waals surface area contributed by atoms with Gasteiger partial charge in [-0.25, -0.2) is 4.98 Å². The molecule has 4 nitrogen and oxygen atoms in total. The van der Waals surface area contributed by atoms with Crippen molar-refractivity contribution in [1.82, 2.24) is 14.3 Å². The number of aromatic nitrogens is 2. The molecular formula is C15H21N3O. The average Bonchev–Trinajstić information content (AvgIpc) is 3.04. The summed E-state index contributed by atoms with van der Waals surface area (Å²) < 4.78 is 7.39. The Morgan fingerprint density at radius 1 is 1.42 bits per heavy atom. The topological polar surface area (TPSA) is 29.8 Å². The van der Waals surface area contributed by atoms with Gasteiger partial charge in [0.25, 0.3) is 0 Å². The summed E-state index contributed by atoms with van der Waals surface area (Å²) >= 11 is 0. The lowest BCUT2D eigenvalue weighted by molar-refractivity contribution is 0.341. The first kappa shape index (κ1) is 12.5. The molecule has 0 aliphatic carbocycles. The zero-order valence-corrected chi connectivity index (χ0v) is 11.7. The van der Waals surface area contributed by atoms with E-state index in [9.17, 15) is 0 Å². The lowest BCUT2D eigenvalue weighted by atomic mass is 10.0. The van der Waals surface area contributed by atoms with E-state index in [4.69, 9.17) is 9.72 Å². The number of fused-ring (bicyclic) bond motifs is 1. The van der Waals surface area contributed by atoms with E-state index in [1.165, 1.54) is 25.2 Å². The van der Waals surface area contributed by atoms with Gasteiger partial charge in [-0.15, -0.1) is 0 Å². The van der Waals surface area contributed by atoms with E-state index in [1.807, 2.05) is 22.6 Å². The Hall–Kier alpha value is -1.55. The third-order valence-electron chi connectivity index (χ3n) is 4.03. The minimum Gasteiger partial charge on any atom is -0.482 e. The van der Waals surface area contributed by atoms with Crippen molar-refractivity contribution in [3.8, 4) is 5.88 Å². The smallest absolute Gasteiger partial charge is 0.198 e. The molecular weight excluding hydrogens is 238 g/mol. The highest BCUT2D eigenvalue weighted by Crippen LogP contribution is 2.22. The molecule has 4 heteroatoms. The molecule has 0 bridgehead atoms. The molecule has 19 heavy (non-hydrogen) atoms. The van der Waals surface area contributed by atoms with Crippen molar-refractivity contribution in [2.24, 2.45) is 5.92 Å². The lowest BCUT2D eigenvalue weighted by Gasteiger charge is -2.11. The van der Waals surface area contributed by atoms with Crippen molar-refractivity contribution in [3.05, 3.63) is 30.1 Å². The maximum absolute atomic E-state index is 5.36. The van der Waals surface area contributed by atoms with Crippen LogP contribution in [0.3, 0.4) is 0 Å². The van der Waals surface area contributed by atoms with Crippen molar-refractivity contribution in [3.63, 3.8) is 0 Å². The minimum atomic E-state index is 0.746. The van der Waals surface area contributed by atoms with E-state index >= 15 is 0 Å². The third-order valence-corrected chi connectivity index (χ3v) is 4.03. The van der Waals surface area contributed by atoms with Crippen molar-refractivity contribution in [2.45, 2.75) is 19.8 Å². The van der Waals surface area contributed by atoms with Crippen LogP contribution in [0.1, 0.15) is 19.0 Å². The van der Waals surface area contributed by atoms with Crippen LogP contribution in [0.4, 0.5) is 0 Å². The van der Waals surface area contributed by atoms with E-state index in [-0.39, 0.29) is 0 Å². The highest BCUT2D eigenvalue weighted by atomic mass is 16.5. The van der Waals surface area contributed by atoms with Gasteiger partial charge in [0.1, 0.15) is 5.65 Å². The number of hydrogen-bond acceptors (Lipinski definition) is 3. The fourth-order valence-electron chi connectivity index (χ4n) is 2.96. The Labute approximate surface area is 114 Å². The van der Waals surface area contributed by atoms with Crippen LogP contribution in [0.15, 0.2) is 24.4 Å².